The Balaban J connectivity index is 1.69. The summed E-state index contributed by atoms with van der Waals surface area (Å²) in [5.41, 5.74) is 5.58. The van der Waals surface area contributed by atoms with Crippen LogP contribution >= 0.6 is 22.9 Å². The van der Waals surface area contributed by atoms with Gasteiger partial charge in [0.25, 0.3) is 0 Å². The van der Waals surface area contributed by atoms with Gasteiger partial charge in [-0.3, -0.25) is 0 Å². The van der Waals surface area contributed by atoms with Crippen LogP contribution in [0.25, 0.3) is 21.3 Å². The molecule has 3 heterocycles. The standard InChI is InChI=1S/C23H26ClN3S/c1-14-6-5-7-15(2)27(14)21-20-19(13-28-22(20)26-23(24)25-21)18-11-10-16-8-3-4-9-17(16)12-18/h10-15H,3-9H2,1-2H3. The van der Waals surface area contributed by atoms with Gasteiger partial charge in [0, 0.05) is 23.0 Å². The van der Waals surface area contributed by atoms with Gasteiger partial charge in [0.2, 0.25) is 5.28 Å². The number of rotatable bonds is 2. The third-order valence-corrected chi connectivity index (χ3v) is 7.53. The topological polar surface area (TPSA) is 29.0 Å². The molecule has 2 aromatic heterocycles. The van der Waals surface area contributed by atoms with E-state index in [1.807, 2.05) is 0 Å². The molecule has 2 aliphatic rings. The molecule has 0 bridgehead atoms. The second-order valence-electron chi connectivity index (χ2n) is 8.37. The minimum Gasteiger partial charge on any atom is -0.351 e. The van der Waals surface area contributed by atoms with Crippen molar-refractivity contribution in [1.82, 2.24) is 9.97 Å². The Bertz CT molecular complexity index is 1020. The molecule has 1 aromatic carbocycles. The van der Waals surface area contributed by atoms with Gasteiger partial charge >= 0.3 is 0 Å². The monoisotopic (exact) mass is 411 g/mol. The second-order valence-corrected chi connectivity index (χ2v) is 9.57. The van der Waals surface area contributed by atoms with E-state index in [0.717, 1.165) is 10.6 Å². The van der Waals surface area contributed by atoms with Crippen molar-refractivity contribution in [3.63, 3.8) is 0 Å². The van der Waals surface area contributed by atoms with Crippen LogP contribution in [-0.4, -0.2) is 22.1 Å². The summed E-state index contributed by atoms with van der Waals surface area (Å²) in [5.74, 6) is 1.02. The van der Waals surface area contributed by atoms with Crippen molar-refractivity contribution in [2.24, 2.45) is 0 Å². The smallest absolute Gasteiger partial charge is 0.225 e. The van der Waals surface area contributed by atoms with Crippen molar-refractivity contribution in [3.8, 4) is 11.1 Å². The van der Waals surface area contributed by atoms with Gasteiger partial charge in [0.15, 0.2) is 0 Å². The summed E-state index contributed by atoms with van der Waals surface area (Å²) in [7, 11) is 0. The highest BCUT2D eigenvalue weighted by molar-refractivity contribution is 7.17. The summed E-state index contributed by atoms with van der Waals surface area (Å²) in [5, 5.41) is 3.76. The van der Waals surface area contributed by atoms with Crippen LogP contribution in [0.3, 0.4) is 0 Å². The maximum absolute atomic E-state index is 6.35. The zero-order valence-corrected chi connectivity index (χ0v) is 18.1. The van der Waals surface area contributed by atoms with Crippen molar-refractivity contribution in [1.29, 1.82) is 0 Å². The third-order valence-electron chi connectivity index (χ3n) is 6.48. The minimum absolute atomic E-state index is 0.353. The molecule has 2 unspecified atom stereocenters. The molecule has 0 radical (unpaired) electrons. The van der Waals surface area contributed by atoms with E-state index in [4.69, 9.17) is 16.6 Å². The van der Waals surface area contributed by atoms with Gasteiger partial charge in [0.1, 0.15) is 10.6 Å². The molecule has 146 valence electrons. The number of nitrogens with zero attached hydrogens (tertiary/aromatic N) is 3. The maximum Gasteiger partial charge on any atom is 0.225 e. The van der Waals surface area contributed by atoms with E-state index < -0.39 is 0 Å². The van der Waals surface area contributed by atoms with Crippen molar-refractivity contribution in [2.45, 2.75) is 70.9 Å². The highest BCUT2D eigenvalue weighted by atomic mass is 35.5. The van der Waals surface area contributed by atoms with E-state index in [0.29, 0.717) is 17.4 Å². The van der Waals surface area contributed by atoms with Crippen molar-refractivity contribution in [2.75, 3.05) is 4.90 Å². The third kappa shape index (κ3) is 3.11. The van der Waals surface area contributed by atoms with Crippen LogP contribution in [0.1, 0.15) is 57.1 Å². The fourth-order valence-corrected chi connectivity index (χ4v) is 6.19. The van der Waals surface area contributed by atoms with E-state index in [1.165, 1.54) is 72.6 Å². The molecular formula is C23H26ClN3S. The predicted molar refractivity (Wildman–Crippen MR) is 120 cm³/mol. The summed E-state index contributed by atoms with van der Waals surface area (Å²) in [4.78, 5) is 12.8. The van der Waals surface area contributed by atoms with Crippen LogP contribution < -0.4 is 4.90 Å². The molecular weight excluding hydrogens is 386 g/mol. The van der Waals surface area contributed by atoms with E-state index in [1.54, 1.807) is 11.3 Å². The Morgan fingerprint density at radius 3 is 2.54 bits per heavy atom. The molecule has 5 rings (SSSR count). The van der Waals surface area contributed by atoms with Crippen LogP contribution in [0.15, 0.2) is 23.6 Å². The number of piperidine rings is 1. The van der Waals surface area contributed by atoms with Crippen LogP contribution in [0, 0.1) is 0 Å². The van der Waals surface area contributed by atoms with Crippen LogP contribution in [0.4, 0.5) is 5.82 Å². The molecule has 0 amide bonds. The number of halogens is 1. The van der Waals surface area contributed by atoms with Gasteiger partial charge in [-0.15, -0.1) is 11.3 Å². The molecule has 1 aliphatic heterocycles. The van der Waals surface area contributed by atoms with Crippen LogP contribution in [0.2, 0.25) is 5.28 Å². The van der Waals surface area contributed by atoms with Gasteiger partial charge in [-0.2, -0.15) is 4.98 Å². The molecule has 1 fully saturated rings. The molecule has 3 nitrogen and oxygen atoms in total. The average molecular weight is 412 g/mol. The first kappa shape index (κ1) is 18.4. The molecule has 28 heavy (non-hydrogen) atoms. The number of fused-ring (bicyclic) bond motifs is 2. The van der Waals surface area contributed by atoms with Crippen molar-refractivity contribution >= 4 is 39.0 Å². The molecule has 2 atom stereocenters. The zero-order chi connectivity index (χ0) is 19.3. The fourth-order valence-electron chi connectivity index (χ4n) is 5.04. The maximum atomic E-state index is 6.35. The fraction of sp³-hybridized carbons (Fsp3) is 0.478. The number of aromatic nitrogens is 2. The number of aryl methyl sites for hydroxylation is 2. The Kier molecular flexibility index (Phi) is 4.80. The summed E-state index contributed by atoms with van der Waals surface area (Å²) >= 11 is 8.03. The van der Waals surface area contributed by atoms with Gasteiger partial charge in [0.05, 0.1) is 5.39 Å². The lowest BCUT2D eigenvalue weighted by atomic mass is 9.89. The van der Waals surface area contributed by atoms with E-state index in [9.17, 15) is 0 Å². The lowest BCUT2D eigenvalue weighted by molar-refractivity contribution is 0.412. The molecule has 1 aliphatic carbocycles. The number of hydrogen-bond donors (Lipinski definition) is 0. The van der Waals surface area contributed by atoms with Gasteiger partial charge in [-0.1, -0.05) is 18.2 Å². The zero-order valence-electron chi connectivity index (χ0n) is 16.5. The summed E-state index contributed by atoms with van der Waals surface area (Å²) in [6.45, 7) is 4.62. The first-order chi connectivity index (χ1) is 13.6. The Hall–Kier alpha value is -1.65. The van der Waals surface area contributed by atoms with Crippen LogP contribution in [0.5, 0.6) is 0 Å². The Morgan fingerprint density at radius 2 is 1.75 bits per heavy atom. The number of benzene rings is 1. The lowest BCUT2D eigenvalue weighted by Gasteiger charge is -2.40. The first-order valence-corrected chi connectivity index (χ1v) is 11.7. The summed E-state index contributed by atoms with van der Waals surface area (Å²) in [6, 6.07) is 7.95. The van der Waals surface area contributed by atoms with E-state index in [2.05, 4.69) is 47.3 Å². The number of anilines is 1. The van der Waals surface area contributed by atoms with Crippen molar-refractivity contribution < 1.29 is 0 Å². The number of hydrogen-bond acceptors (Lipinski definition) is 4. The largest absolute Gasteiger partial charge is 0.351 e. The highest BCUT2D eigenvalue weighted by Crippen LogP contribution is 2.42. The molecule has 0 N–H and O–H groups in total. The molecule has 0 spiro atoms. The lowest BCUT2D eigenvalue weighted by Crippen LogP contribution is -2.44. The summed E-state index contributed by atoms with van der Waals surface area (Å²) in [6.07, 6.45) is 8.70. The SMILES string of the molecule is CC1CCCC(C)N1c1nc(Cl)nc2scc(-c3ccc4c(c3)CCCC4)c12. The molecule has 0 saturated carbocycles. The normalized spacial score (nSPS) is 22.5. The summed E-state index contributed by atoms with van der Waals surface area (Å²) < 4.78 is 0. The van der Waals surface area contributed by atoms with Gasteiger partial charge < -0.3 is 4.90 Å². The second kappa shape index (κ2) is 7.31. The predicted octanol–water partition coefficient (Wildman–Crippen LogP) is 6.66. The van der Waals surface area contributed by atoms with Gasteiger partial charge in [-0.05, 0) is 87.1 Å². The number of thiophene rings is 1. The minimum atomic E-state index is 0.353. The van der Waals surface area contributed by atoms with Crippen molar-refractivity contribution in [3.05, 3.63) is 40.0 Å². The Morgan fingerprint density at radius 1 is 1.00 bits per heavy atom. The quantitative estimate of drug-likeness (QED) is 0.441. The molecule has 3 aromatic rings. The van der Waals surface area contributed by atoms with E-state index in [-0.39, 0.29) is 0 Å². The van der Waals surface area contributed by atoms with Gasteiger partial charge in [-0.25, -0.2) is 4.98 Å². The van der Waals surface area contributed by atoms with Crippen LogP contribution in [-0.2, 0) is 12.8 Å². The average Bonchev–Trinajstić information content (AvgIpc) is 3.11. The van der Waals surface area contributed by atoms with E-state index >= 15 is 0 Å². The highest BCUT2D eigenvalue weighted by Gasteiger charge is 2.29. The molecule has 1 saturated heterocycles. The first-order valence-electron chi connectivity index (χ1n) is 10.5. The Labute approximate surface area is 175 Å². The molecule has 5 heteroatoms.